The zero-order chi connectivity index (χ0) is 26.3. The number of benzene rings is 2. The lowest BCUT2D eigenvalue weighted by atomic mass is 9.93. The average molecular weight is 532 g/mol. The summed E-state index contributed by atoms with van der Waals surface area (Å²) in [6.45, 7) is 13.2. The van der Waals surface area contributed by atoms with Gasteiger partial charge in [0, 0.05) is 48.3 Å². The lowest BCUT2D eigenvalue weighted by molar-refractivity contribution is 0.130. The molecular formula is C29H27Cl2N5O. The van der Waals surface area contributed by atoms with Crippen LogP contribution in [0.4, 0.5) is 11.5 Å². The Morgan fingerprint density at radius 1 is 0.946 bits per heavy atom. The van der Waals surface area contributed by atoms with Crippen LogP contribution in [0, 0.1) is 6.57 Å². The van der Waals surface area contributed by atoms with Gasteiger partial charge in [-0.1, -0.05) is 54.0 Å². The maximum atomic E-state index is 12.9. The quantitative estimate of drug-likeness (QED) is 0.282. The van der Waals surface area contributed by atoms with Crippen LogP contribution in [-0.4, -0.2) is 39.6 Å². The lowest BCUT2D eigenvalue weighted by Crippen LogP contribution is -2.57. The van der Waals surface area contributed by atoms with Crippen molar-refractivity contribution in [3.8, 4) is 0 Å². The number of aryl methyl sites for hydroxylation is 1. The molecular weight excluding hydrogens is 505 g/mol. The van der Waals surface area contributed by atoms with Crippen molar-refractivity contribution in [1.29, 1.82) is 0 Å². The highest BCUT2D eigenvalue weighted by molar-refractivity contribution is 6.31. The molecule has 3 heterocycles. The minimum atomic E-state index is -0.0992. The summed E-state index contributed by atoms with van der Waals surface area (Å²) in [5.41, 5.74) is 4.26. The van der Waals surface area contributed by atoms with Crippen LogP contribution in [0.15, 0.2) is 71.5 Å². The number of piperazine rings is 1. The third kappa shape index (κ3) is 4.83. The molecule has 0 unspecified atom stereocenters. The number of hydrogen-bond acceptors (Lipinski definition) is 4. The Bertz CT molecular complexity index is 1530. The van der Waals surface area contributed by atoms with E-state index in [1.165, 1.54) is 0 Å². The van der Waals surface area contributed by atoms with Gasteiger partial charge in [0.05, 0.1) is 17.2 Å². The first-order valence-electron chi connectivity index (χ1n) is 12.2. The molecule has 0 spiro atoms. The predicted octanol–water partition coefficient (Wildman–Crippen LogP) is 6.48. The molecule has 1 aliphatic heterocycles. The van der Waals surface area contributed by atoms with Crippen molar-refractivity contribution in [3.63, 3.8) is 0 Å². The van der Waals surface area contributed by atoms with E-state index in [0.29, 0.717) is 33.4 Å². The van der Waals surface area contributed by atoms with Gasteiger partial charge in [0.25, 0.3) is 11.4 Å². The van der Waals surface area contributed by atoms with Crippen molar-refractivity contribution in [3.05, 3.63) is 110 Å². The van der Waals surface area contributed by atoms with Gasteiger partial charge in [-0.25, -0.2) is 0 Å². The van der Waals surface area contributed by atoms with Crippen molar-refractivity contribution in [1.82, 2.24) is 14.5 Å². The SMILES string of the molecule is [C-]#[N+]c1ccc2c(n1)c(N1C[C@@H](C)N(C(c3cccc(Cl)c3)c3cccc(Cl)c3)C[C@@H]1C)cc(=O)n2C. The molecule has 4 aromatic rings. The number of hydrogen-bond donors (Lipinski definition) is 0. The van der Waals surface area contributed by atoms with Gasteiger partial charge >= 0.3 is 0 Å². The van der Waals surface area contributed by atoms with E-state index in [-0.39, 0.29) is 23.7 Å². The van der Waals surface area contributed by atoms with Gasteiger partial charge < -0.3 is 14.3 Å². The van der Waals surface area contributed by atoms with Gasteiger partial charge in [-0.3, -0.25) is 9.69 Å². The molecule has 5 rings (SSSR count). The fourth-order valence-corrected chi connectivity index (χ4v) is 5.76. The lowest BCUT2D eigenvalue weighted by Gasteiger charge is -2.48. The van der Waals surface area contributed by atoms with Crippen molar-refractivity contribution in [2.75, 3.05) is 18.0 Å². The zero-order valence-corrected chi connectivity index (χ0v) is 22.4. The number of halogens is 2. The van der Waals surface area contributed by atoms with Crippen molar-refractivity contribution < 1.29 is 0 Å². The smallest absolute Gasteiger partial charge is 0.270 e. The monoisotopic (exact) mass is 531 g/mol. The summed E-state index contributed by atoms with van der Waals surface area (Å²) in [4.78, 5) is 25.7. The Balaban J connectivity index is 1.57. The van der Waals surface area contributed by atoms with E-state index in [9.17, 15) is 4.79 Å². The van der Waals surface area contributed by atoms with E-state index in [1.54, 1.807) is 29.8 Å². The number of aromatic nitrogens is 2. The van der Waals surface area contributed by atoms with Gasteiger partial charge in [0.2, 0.25) is 5.52 Å². The number of anilines is 1. The molecule has 188 valence electrons. The van der Waals surface area contributed by atoms with E-state index in [0.717, 1.165) is 23.4 Å². The molecule has 2 aromatic heterocycles. The second-order valence-corrected chi connectivity index (χ2v) is 10.5. The van der Waals surface area contributed by atoms with Gasteiger partial charge in [-0.2, -0.15) is 0 Å². The summed E-state index contributed by atoms with van der Waals surface area (Å²) in [6, 6.07) is 21.2. The molecule has 0 saturated carbocycles. The first kappa shape index (κ1) is 25.3. The molecule has 0 aliphatic carbocycles. The Labute approximate surface area is 226 Å². The Morgan fingerprint density at radius 3 is 2.19 bits per heavy atom. The minimum Gasteiger partial charge on any atom is -0.362 e. The Morgan fingerprint density at radius 2 is 1.59 bits per heavy atom. The van der Waals surface area contributed by atoms with Gasteiger partial charge in [0.1, 0.15) is 0 Å². The maximum absolute atomic E-state index is 12.9. The first-order valence-corrected chi connectivity index (χ1v) is 12.9. The second-order valence-electron chi connectivity index (χ2n) is 9.64. The Hall–Kier alpha value is -3.37. The van der Waals surface area contributed by atoms with Gasteiger partial charge in [-0.15, -0.1) is 4.98 Å². The molecule has 1 fully saturated rings. The highest BCUT2D eigenvalue weighted by Crippen LogP contribution is 2.37. The number of rotatable bonds is 4. The average Bonchev–Trinajstić information content (AvgIpc) is 2.88. The minimum absolute atomic E-state index is 0.0378. The summed E-state index contributed by atoms with van der Waals surface area (Å²) < 4.78 is 1.58. The topological polar surface area (TPSA) is 45.7 Å². The fourth-order valence-electron chi connectivity index (χ4n) is 5.36. The fraction of sp³-hybridized carbons (Fsp3) is 0.276. The standard InChI is InChI=1S/C29H27Cl2N5O/c1-18-17-36(29(20-7-5-9-22(30)13-20)21-8-6-10-23(31)14-21)19(2)16-35(18)25-15-27(37)34(4)24-11-12-26(32-3)33-28(24)25/h5-15,18-19,29H,16-17H2,1-2,4H3/t18-,19+/m0/s1. The molecule has 1 saturated heterocycles. The van der Waals surface area contributed by atoms with Crippen LogP contribution in [0.1, 0.15) is 31.0 Å². The van der Waals surface area contributed by atoms with E-state index in [2.05, 4.69) is 45.6 Å². The van der Waals surface area contributed by atoms with E-state index >= 15 is 0 Å². The van der Waals surface area contributed by atoms with Crippen LogP contribution >= 0.6 is 23.2 Å². The van der Waals surface area contributed by atoms with E-state index in [1.807, 2.05) is 36.4 Å². The highest BCUT2D eigenvalue weighted by Gasteiger charge is 2.36. The molecule has 2 atom stereocenters. The largest absolute Gasteiger partial charge is 0.362 e. The molecule has 6 nitrogen and oxygen atoms in total. The van der Waals surface area contributed by atoms with E-state index in [4.69, 9.17) is 29.8 Å². The predicted molar refractivity (Wildman–Crippen MR) is 151 cm³/mol. The molecule has 0 N–H and O–H groups in total. The highest BCUT2D eigenvalue weighted by atomic mass is 35.5. The van der Waals surface area contributed by atoms with Crippen LogP contribution in [0.3, 0.4) is 0 Å². The molecule has 2 aromatic carbocycles. The van der Waals surface area contributed by atoms with Gasteiger partial charge in [0.15, 0.2) is 0 Å². The normalized spacial score (nSPS) is 18.4. The summed E-state index contributed by atoms with van der Waals surface area (Å²) in [5, 5.41) is 1.38. The number of fused-ring (bicyclic) bond motifs is 1. The molecule has 1 aliphatic rings. The molecule has 0 amide bonds. The van der Waals surface area contributed by atoms with Crippen LogP contribution in [-0.2, 0) is 7.05 Å². The van der Waals surface area contributed by atoms with Crippen molar-refractivity contribution >= 4 is 45.7 Å². The summed E-state index contributed by atoms with van der Waals surface area (Å²) >= 11 is 12.8. The molecule has 0 radical (unpaired) electrons. The summed E-state index contributed by atoms with van der Waals surface area (Å²) in [6.07, 6.45) is 0. The summed E-state index contributed by atoms with van der Waals surface area (Å²) in [5.74, 6) is 0.314. The Kier molecular flexibility index (Phi) is 6.96. The van der Waals surface area contributed by atoms with Crippen LogP contribution in [0.2, 0.25) is 10.0 Å². The number of nitrogens with zero attached hydrogens (tertiary/aromatic N) is 5. The third-order valence-electron chi connectivity index (χ3n) is 7.17. The molecule has 0 bridgehead atoms. The third-order valence-corrected chi connectivity index (χ3v) is 7.64. The first-order chi connectivity index (χ1) is 17.8. The molecule has 8 heteroatoms. The maximum Gasteiger partial charge on any atom is 0.270 e. The molecule has 37 heavy (non-hydrogen) atoms. The number of pyridine rings is 2. The van der Waals surface area contributed by atoms with Crippen molar-refractivity contribution in [2.24, 2.45) is 7.05 Å². The summed E-state index contributed by atoms with van der Waals surface area (Å²) in [7, 11) is 1.73. The van der Waals surface area contributed by atoms with Gasteiger partial charge in [-0.05, 0) is 61.4 Å². The zero-order valence-electron chi connectivity index (χ0n) is 20.9. The van der Waals surface area contributed by atoms with Crippen LogP contribution < -0.4 is 10.5 Å². The van der Waals surface area contributed by atoms with E-state index < -0.39 is 0 Å². The van der Waals surface area contributed by atoms with Crippen molar-refractivity contribution in [2.45, 2.75) is 32.0 Å². The van der Waals surface area contributed by atoms with Crippen LogP contribution in [0.5, 0.6) is 0 Å². The van der Waals surface area contributed by atoms with Crippen LogP contribution in [0.25, 0.3) is 15.9 Å². The second kappa shape index (κ2) is 10.2.